The first-order chi connectivity index (χ1) is 7.86. The number of nitrogens with two attached hydrogens (primary N) is 1. The molecule has 0 aliphatic heterocycles. The Kier molecular flexibility index (Phi) is 4.23. The van der Waals surface area contributed by atoms with Crippen LogP contribution in [0.3, 0.4) is 0 Å². The van der Waals surface area contributed by atoms with E-state index < -0.39 is 0 Å². The molecule has 0 aromatic heterocycles. The third-order valence-electron chi connectivity index (χ3n) is 3.15. The number of likely N-dealkylation sites (N-methyl/N-ethyl adjacent to an activating group) is 1. The van der Waals surface area contributed by atoms with Crippen LogP contribution in [0, 0.1) is 13.8 Å². The zero-order chi connectivity index (χ0) is 13.2. The number of carbonyl (C=O) groups is 1. The van der Waals surface area contributed by atoms with Gasteiger partial charge in [-0.3, -0.25) is 4.79 Å². The van der Waals surface area contributed by atoms with Gasteiger partial charge >= 0.3 is 0 Å². The van der Waals surface area contributed by atoms with Crippen LogP contribution in [0.1, 0.15) is 28.4 Å². The summed E-state index contributed by atoms with van der Waals surface area (Å²) in [7, 11) is 1.72. The zero-order valence-corrected chi connectivity index (χ0v) is 11.5. The minimum absolute atomic E-state index is 0.0495. The fourth-order valence-corrected chi connectivity index (χ4v) is 1.70. The Balaban J connectivity index is 3.05. The highest BCUT2D eigenvalue weighted by molar-refractivity contribution is 7.80. The standard InChI is InChI=1S/C13H18N2OS/c1-8-6-5-7-11(9(8)2)13(16)15(4)10(3)12(14)17/h5-7,10H,1-4H3,(H2,14,17). The van der Waals surface area contributed by atoms with Gasteiger partial charge in [0.1, 0.15) is 0 Å². The second-order valence-corrected chi connectivity index (χ2v) is 4.71. The van der Waals surface area contributed by atoms with E-state index >= 15 is 0 Å². The van der Waals surface area contributed by atoms with Crippen molar-refractivity contribution in [3.05, 3.63) is 34.9 Å². The van der Waals surface area contributed by atoms with Crippen LogP contribution in [0.4, 0.5) is 0 Å². The molecule has 0 saturated heterocycles. The van der Waals surface area contributed by atoms with E-state index in [1.807, 2.05) is 39.0 Å². The van der Waals surface area contributed by atoms with Crippen LogP contribution >= 0.6 is 12.2 Å². The fraction of sp³-hybridized carbons (Fsp3) is 0.385. The number of thiocarbonyl (C=S) groups is 1. The lowest BCUT2D eigenvalue weighted by molar-refractivity contribution is 0.0778. The van der Waals surface area contributed by atoms with Crippen molar-refractivity contribution in [3.63, 3.8) is 0 Å². The molecule has 0 radical (unpaired) electrons. The third kappa shape index (κ3) is 2.82. The van der Waals surface area contributed by atoms with Crippen LogP contribution in [-0.4, -0.2) is 28.9 Å². The molecule has 1 amide bonds. The van der Waals surface area contributed by atoms with Crippen molar-refractivity contribution in [2.45, 2.75) is 26.8 Å². The average molecular weight is 250 g/mol. The van der Waals surface area contributed by atoms with E-state index in [1.54, 1.807) is 11.9 Å². The SMILES string of the molecule is Cc1cccc(C(=O)N(C)C(C)C(N)=S)c1C. The molecule has 92 valence electrons. The van der Waals surface area contributed by atoms with Crippen molar-refractivity contribution in [1.29, 1.82) is 0 Å². The molecular formula is C13H18N2OS. The molecule has 1 rings (SSSR count). The number of hydrogen-bond acceptors (Lipinski definition) is 2. The van der Waals surface area contributed by atoms with Crippen molar-refractivity contribution in [3.8, 4) is 0 Å². The maximum atomic E-state index is 12.3. The van der Waals surface area contributed by atoms with Crippen molar-refractivity contribution in [2.75, 3.05) is 7.05 Å². The Morgan fingerprint density at radius 2 is 2.00 bits per heavy atom. The summed E-state index contributed by atoms with van der Waals surface area (Å²) < 4.78 is 0. The Morgan fingerprint density at radius 3 is 2.53 bits per heavy atom. The normalized spacial score (nSPS) is 12.0. The molecule has 0 fully saturated rings. The summed E-state index contributed by atoms with van der Waals surface area (Å²) >= 11 is 4.91. The topological polar surface area (TPSA) is 46.3 Å². The van der Waals surface area contributed by atoms with E-state index in [1.165, 1.54) is 0 Å². The second-order valence-electron chi connectivity index (χ2n) is 4.24. The largest absolute Gasteiger partial charge is 0.392 e. The van der Waals surface area contributed by atoms with E-state index in [0.717, 1.165) is 11.1 Å². The van der Waals surface area contributed by atoms with Crippen LogP contribution in [0.15, 0.2) is 18.2 Å². The van der Waals surface area contributed by atoms with Crippen LogP contribution in [-0.2, 0) is 0 Å². The van der Waals surface area contributed by atoms with Crippen LogP contribution in [0.2, 0.25) is 0 Å². The minimum Gasteiger partial charge on any atom is -0.392 e. The van der Waals surface area contributed by atoms with Gasteiger partial charge in [0, 0.05) is 12.6 Å². The molecule has 3 nitrogen and oxygen atoms in total. The van der Waals surface area contributed by atoms with Crippen LogP contribution in [0.5, 0.6) is 0 Å². The number of hydrogen-bond donors (Lipinski definition) is 1. The predicted molar refractivity (Wildman–Crippen MR) is 74.3 cm³/mol. The predicted octanol–water partition coefficient (Wildman–Crippen LogP) is 2.05. The third-order valence-corrected chi connectivity index (χ3v) is 3.49. The molecule has 0 spiro atoms. The summed E-state index contributed by atoms with van der Waals surface area (Å²) in [5.41, 5.74) is 8.37. The summed E-state index contributed by atoms with van der Waals surface area (Å²) in [5.74, 6) is -0.0495. The van der Waals surface area contributed by atoms with Crippen molar-refractivity contribution in [1.82, 2.24) is 4.90 Å². The summed E-state index contributed by atoms with van der Waals surface area (Å²) in [6.45, 7) is 5.76. The Labute approximate surface area is 108 Å². The summed E-state index contributed by atoms with van der Waals surface area (Å²) in [6.07, 6.45) is 0. The molecule has 1 aromatic carbocycles. The first-order valence-electron chi connectivity index (χ1n) is 5.49. The van der Waals surface area contributed by atoms with Gasteiger partial charge in [-0.2, -0.15) is 0 Å². The van der Waals surface area contributed by atoms with Crippen molar-refractivity contribution < 1.29 is 4.79 Å². The van der Waals surface area contributed by atoms with Gasteiger partial charge in [-0.05, 0) is 38.0 Å². The van der Waals surface area contributed by atoms with E-state index in [0.29, 0.717) is 10.6 Å². The first-order valence-corrected chi connectivity index (χ1v) is 5.89. The molecule has 1 unspecified atom stereocenters. The molecule has 0 aliphatic rings. The Hall–Kier alpha value is -1.42. The fourth-order valence-electron chi connectivity index (χ4n) is 1.54. The maximum Gasteiger partial charge on any atom is 0.254 e. The molecule has 1 atom stereocenters. The molecule has 0 aliphatic carbocycles. The van der Waals surface area contributed by atoms with E-state index in [9.17, 15) is 4.79 Å². The first kappa shape index (κ1) is 13.6. The monoisotopic (exact) mass is 250 g/mol. The highest BCUT2D eigenvalue weighted by Gasteiger charge is 2.20. The van der Waals surface area contributed by atoms with E-state index in [4.69, 9.17) is 18.0 Å². The van der Waals surface area contributed by atoms with Gasteiger partial charge < -0.3 is 10.6 Å². The number of rotatable bonds is 3. The van der Waals surface area contributed by atoms with Crippen molar-refractivity contribution in [2.24, 2.45) is 5.73 Å². The van der Waals surface area contributed by atoms with E-state index in [-0.39, 0.29) is 11.9 Å². The number of aryl methyl sites for hydroxylation is 1. The van der Waals surface area contributed by atoms with Crippen LogP contribution in [0.25, 0.3) is 0 Å². The minimum atomic E-state index is -0.239. The van der Waals surface area contributed by atoms with Crippen LogP contribution < -0.4 is 5.73 Å². The number of carbonyl (C=O) groups excluding carboxylic acids is 1. The lowest BCUT2D eigenvalue weighted by atomic mass is 10.0. The quantitative estimate of drug-likeness (QED) is 0.835. The molecular weight excluding hydrogens is 232 g/mol. The van der Waals surface area contributed by atoms with Gasteiger partial charge in [-0.25, -0.2) is 0 Å². The number of nitrogens with zero attached hydrogens (tertiary/aromatic N) is 1. The van der Waals surface area contributed by atoms with Gasteiger partial charge in [0.05, 0.1) is 11.0 Å². The molecule has 2 N–H and O–H groups in total. The molecule has 4 heteroatoms. The van der Waals surface area contributed by atoms with Gasteiger partial charge in [-0.1, -0.05) is 24.4 Å². The zero-order valence-electron chi connectivity index (χ0n) is 10.7. The van der Waals surface area contributed by atoms with Gasteiger partial charge in [0.15, 0.2) is 0 Å². The summed E-state index contributed by atoms with van der Waals surface area (Å²) in [4.78, 5) is 14.2. The molecule has 1 aromatic rings. The summed E-state index contributed by atoms with van der Waals surface area (Å²) in [6, 6.07) is 5.46. The number of benzene rings is 1. The van der Waals surface area contributed by atoms with Gasteiger partial charge in [0.25, 0.3) is 5.91 Å². The highest BCUT2D eigenvalue weighted by Crippen LogP contribution is 2.15. The summed E-state index contributed by atoms with van der Waals surface area (Å²) in [5, 5.41) is 0. The van der Waals surface area contributed by atoms with Gasteiger partial charge in [-0.15, -0.1) is 0 Å². The Bertz CT molecular complexity index is 457. The molecule has 0 saturated carbocycles. The second kappa shape index (κ2) is 5.27. The smallest absolute Gasteiger partial charge is 0.254 e. The van der Waals surface area contributed by atoms with Gasteiger partial charge in [0.2, 0.25) is 0 Å². The average Bonchev–Trinajstić information content (AvgIpc) is 2.29. The number of amides is 1. The molecule has 17 heavy (non-hydrogen) atoms. The molecule has 0 bridgehead atoms. The highest BCUT2D eigenvalue weighted by atomic mass is 32.1. The lowest BCUT2D eigenvalue weighted by Gasteiger charge is -2.25. The maximum absolute atomic E-state index is 12.3. The molecule has 0 heterocycles. The lowest BCUT2D eigenvalue weighted by Crippen LogP contribution is -2.43. The Morgan fingerprint density at radius 1 is 1.41 bits per heavy atom. The van der Waals surface area contributed by atoms with E-state index in [2.05, 4.69) is 0 Å². The van der Waals surface area contributed by atoms with Crippen molar-refractivity contribution >= 4 is 23.1 Å².